The van der Waals surface area contributed by atoms with Gasteiger partial charge >= 0.3 is 0 Å². The Balaban J connectivity index is 2.21. The van der Waals surface area contributed by atoms with Gasteiger partial charge in [0.2, 0.25) is 0 Å². The Morgan fingerprint density at radius 1 is 1.18 bits per heavy atom. The fourth-order valence-corrected chi connectivity index (χ4v) is 2.54. The molecule has 0 aromatic heterocycles. The Kier molecular flexibility index (Phi) is 5.58. The maximum Gasteiger partial charge on any atom is 0.271 e. The van der Waals surface area contributed by atoms with E-state index >= 15 is 0 Å². The van der Waals surface area contributed by atoms with Crippen molar-refractivity contribution in [2.24, 2.45) is 5.10 Å². The highest BCUT2D eigenvalue weighted by Gasteiger charge is 2.09. The van der Waals surface area contributed by atoms with Gasteiger partial charge in [-0.05, 0) is 37.6 Å². The summed E-state index contributed by atoms with van der Waals surface area (Å²) in [5.74, 6) is -0.250. The Bertz CT molecular complexity index is 726. The lowest BCUT2D eigenvalue weighted by molar-refractivity contribution is 0.0954. The Morgan fingerprint density at radius 3 is 2.59 bits per heavy atom. The number of rotatable bonds is 4. The third kappa shape index (κ3) is 4.09. The molecule has 0 saturated heterocycles. The van der Waals surface area contributed by atoms with Crippen molar-refractivity contribution >= 4 is 34.8 Å². The highest BCUT2D eigenvalue weighted by Crippen LogP contribution is 2.22. The maximum atomic E-state index is 12.1. The molecule has 3 nitrogen and oxygen atoms in total. The van der Waals surface area contributed by atoms with Crippen LogP contribution < -0.4 is 5.43 Å². The van der Waals surface area contributed by atoms with Gasteiger partial charge in [0.1, 0.15) is 0 Å². The zero-order valence-electron chi connectivity index (χ0n) is 12.4. The van der Waals surface area contributed by atoms with E-state index < -0.39 is 0 Å². The van der Waals surface area contributed by atoms with Crippen LogP contribution in [0.2, 0.25) is 10.0 Å². The SMILES string of the molecule is CC/C(=N\NC(=O)c1cccc(C)c1)c1ccc(Cl)cc1Cl. The molecule has 2 aromatic carbocycles. The van der Waals surface area contributed by atoms with Crippen molar-refractivity contribution in [2.75, 3.05) is 0 Å². The first kappa shape index (κ1) is 16.5. The number of halogens is 2. The van der Waals surface area contributed by atoms with Crippen LogP contribution in [-0.4, -0.2) is 11.6 Å². The topological polar surface area (TPSA) is 41.5 Å². The fourth-order valence-electron chi connectivity index (χ4n) is 2.02. The molecule has 0 saturated carbocycles. The van der Waals surface area contributed by atoms with Crippen LogP contribution in [0.3, 0.4) is 0 Å². The van der Waals surface area contributed by atoms with E-state index in [0.717, 1.165) is 11.1 Å². The number of hydrogen-bond acceptors (Lipinski definition) is 2. The van der Waals surface area contributed by atoms with Gasteiger partial charge in [0, 0.05) is 16.1 Å². The van der Waals surface area contributed by atoms with Gasteiger partial charge in [-0.3, -0.25) is 4.79 Å². The number of nitrogens with zero attached hydrogens (tertiary/aromatic N) is 1. The van der Waals surface area contributed by atoms with Crippen molar-refractivity contribution in [3.8, 4) is 0 Å². The average Bonchev–Trinajstić information content (AvgIpc) is 2.49. The molecule has 22 heavy (non-hydrogen) atoms. The maximum absolute atomic E-state index is 12.1. The molecule has 0 spiro atoms. The minimum atomic E-state index is -0.250. The number of nitrogens with one attached hydrogen (secondary N) is 1. The second-order valence-electron chi connectivity index (χ2n) is 4.85. The summed E-state index contributed by atoms with van der Waals surface area (Å²) in [4.78, 5) is 12.1. The van der Waals surface area contributed by atoms with E-state index in [4.69, 9.17) is 23.2 Å². The van der Waals surface area contributed by atoms with Gasteiger partial charge < -0.3 is 0 Å². The van der Waals surface area contributed by atoms with Crippen molar-refractivity contribution in [1.82, 2.24) is 5.43 Å². The predicted octanol–water partition coefficient (Wildman–Crippen LogP) is 4.85. The molecule has 1 N–H and O–H groups in total. The second kappa shape index (κ2) is 7.43. The minimum Gasteiger partial charge on any atom is -0.267 e. The quantitative estimate of drug-likeness (QED) is 0.630. The van der Waals surface area contributed by atoms with Gasteiger partial charge in [-0.1, -0.05) is 53.9 Å². The second-order valence-corrected chi connectivity index (χ2v) is 5.69. The molecule has 0 radical (unpaired) electrons. The summed E-state index contributed by atoms with van der Waals surface area (Å²) in [6, 6.07) is 12.5. The summed E-state index contributed by atoms with van der Waals surface area (Å²) in [5, 5.41) is 5.27. The van der Waals surface area contributed by atoms with Gasteiger partial charge in [0.15, 0.2) is 0 Å². The highest BCUT2D eigenvalue weighted by molar-refractivity contribution is 6.37. The van der Waals surface area contributed by atoms with Crippen LogP contribution >= 0.6 is 23.2 Å². The zero-order valence-corrected chi connectivity index (χ0v) is 13.9. The van der Waals surface area contributed by atoms with Crippen LogP contribution in [0, 0.1) is 6.92 Å². The molecule has 0 unspecified atom stereocenters. The van der Waals surface area contributed by atoms with Crippen LogP contribution in [-0.2, 0) is 0 Å². The molecule has 2 rings (SSSR count). The van der Waals surface area contributed by atoms with Crippen LogP contribution in [0.5, 0.6) is 0 Å². The van der Waals surface area contributed by atoms with E-state index in [0.29, 0.717) is 27.7 Å². The van der Waals surface area contributed by atoms with Gasteiger partial charge in [0.05, 0.1) is 10.7 Å². The minimum absolute atomic E-state index is 0.250. The molecular formula is C17H16Cl2N2O. The van der Waals surface area contributed by atoms with E-state index in [9.17, 15) is 4.79 Å². The van der Waals surface area contributed by atoms with E-state index in [-0.39, 0.29) is 5.91 Å². The zero-order chi connectivity index (χ0) is 16.1. The van der Waals surface area contributed by atoms with Crippen molar-refractivity contribution in [3.05, 3.63) is 69.2 Å². The summed E-state index contributed by atoms with van der Waals surface area (Å²) >= 11 is 12.1. The van der Waals surface area contributed by atoms with Gasteiger partial charge in [-0.25, -0.2) is 5.43 Å². The van der Waals surface area contributed by atoms with Crippen molar-refractivity contribution < 1.29 is 4.79 Å². The number of carbonyl (C=O) groups is 1. The lowest BCUT2D eigenvalue weighted by Crippen LogP contribution is -2.20. The number of carbonyl (C=O) groups excluding carboxylic acids is 1. The smallest absolute Gasteiger partial charge is 0.267 e. The Labute approximate surface area is 139 Å². The predicted molar refractivity (Wildman–Crippen MR) is 91.9 cm³/mol. The fraction of sp³-hybridized carbons (Fsp3) is 0.176. The number of benzene rings is 2. The summed E-state index contributed by atoms with van der Waals surface area (Å²) in [5.41, 5.74) is 5.63. The summed E-state index contributed by atoms with van der Waals surface area (Å²) < 4.78 is 0. The number of hydrogen-bond donors (Lipinski definition) is 1. The van der Waals surface area contributed by atoms with Crippen LogP contribution in [0.1, 0.15) is 34.8 Å². The normalized spacial score (nSPS) is 11.4. The van der Waals surface area contributed by atoms with Crippen LogP contribution in [0.4, 0.5) is 0 Å². The summed E-state index contributed by atoms with van der Waals surface area (Å²) in [7, 11) is 0. The number of hydrazone groups is 1. The van der Waals surface area contributed by atoms with E-state index in [2.05, 4.69) is 10.5 Å². The number of amides is 1. The summed E-state index contributed by atoms with van der Waals surface area (Å²) in [6.07, 6.45) is 0.634. The van der Waals surface area contributed by atoms with E-state index in [1.54, 1.807) is 24.3 Å². The van der Waals surface area contributed by atoms with Gasteiger partial charge in [-0.15, -0.1) is 0 Å². The lowest BCUT2D eigenvalue weighted by Gasteiger charge is -2.08. The van der Waals surface area contributed by atoms with E-state index in [1.807, 2.05) is 32.0 Å². The molecule has 0 heterocycles. The molecule has 0 fully saturated rings. The molecule has 1 amide bonds. The molecule has 0 bridgehead atoms. The third-order valence-electron chi connectivity index (χ3n) is 3.15. The molecule has 0 aliphatic heterocycles. The van der Waals surface area contributed by atoms with Crippen molar-refractivity contribution in [3.63, 3.8) is 0 Å². The number of aryl methyl sites for hydroxylation is 1. The van der Waals surface area contributed by atoms with Crippen LogP contribution in [0.25, 0.3) is 0 Å². The summed E-state index contributed by atoms with van der Waals surface area (Å²) in [6.45, 7) is 3.88. The van der Waals surface area contributed by atoms with Crippen molar-refractivity contribution in [1.29, 1.82) is 0 Å². The molecule has 114 valence electrons. The third-order valence-corrected chi connectivity index (χ3v) is 3.70. The van der Waals surface area contributed by atoms with Crippen LogP contribution in [0.15, 0.2) is 47.6 Å². The van der Waals surface area contributed by atoms with Gasteiger partial charge in [0.25, 0.3) is 5.91 Å². The average molecular weight is 335 g/mol. The molecule has 0 atom stereocenters. The molecular weight excluding hydrogens is 319 g/mol. The first-order chi connectivity index (χ1) is 10.5. The largest absolute Gasteiger partial charge is 0.271 e. The van der Waals surface area contributed by atoms with Crippen molar-refractivity contribution in [2.45, 2.75) is 20.3 Å². The molecule has 0 aliphatic rings. The van der Waals surface area contributed by atoms with Gasteiger partial charge in [-0.2, -0.15) is 5.10 Å². The monoisotopic (exact) mass is 334 g/mol. The Hall–Kier alpha value is -1.84. The molecule has 5 heteroatoms. The first-order valence-corrected chi connectivity index (χ1v) is 7.66. The lowest BCUT2D eigenvalue weighted by atomic mass is 10.1. The molecule has 2 aromatic rings. The molecule has 0 aliphatic carbocycles. The Morgan fingerprint density at radius 2 is 1.95 bits per heavy atom. The first-order valence-electron chi connectivity index (χ1n) is 6.90. The van der Waals surface area contributed by atoms with E-state index in [1.165, 1.54) is 0 Å². The highest BCUT2D eigenvalue weighted by atomic mass is 35.5. The standard InChI is InChI=1S/C17H16Cl2N2O/c1-3-16(14-8-7-13(18)10-15(14)19)20-21-17(22)12-6-4-5-11(2)9-12/h4-10H,3H2,1-2H3,(H,21,22)/b20-16+.